The van der Waals surface area contributed by atoms with Crippen LogP contribution in [0.4, 0.5) is 18.0 Å². The van der Waals surface area contributed by atoms with Gasteiger partial charge in [0.15, 0.2) is 5.78 Å². The Labute approximate surface area is 265 Å². The quantitative estimate of drug-likeness (QED) is 0.322. The molecule has 0 aromatic heterocycles. The van der Waals surface area contributed by atoms with E-state index in [1.807, 2.05) is 6.08 Å². The van der Waals surface area contributed by atoms with Crippen molar-refractivity contribution in [3.63, 3.8) is 0 Å². The van der Waals surface area contributed by atoms with E-state index in [9.17, 15) is 36.0 Å². The topological polar surface area (TPSA) is 119 Å². The van der Waals surface area contributed by atoms with Crippen molar-refractivity contribution in [1.29, 1.82) is 0 Å². The van der Waals surface area contributed by atoms with E-state index in [4.69, 9.17) is 4.74 Å². The van der Waals surface area contributed by atoms with Gasteiger partial charge in [-0.1, -0.05) is 47.1 Å². The predicted octanol–water partition coefficient (Wildman–Crippen LogP) is 6.80. The average molecular weight is 659 g/mol. The van der Waals surface area contributed by atoms with E-state index in [2.05, 4.69) is 46.9 Å². The fraction of sp³-hybridized carbons (Fsp3) is 0.848. The van der Waals surface area contributed by atoms with Crippen LogP contribution in [0.25, 0.3) is 0 Å². The highest BCUT2D eigenvalue weighted by molar-refractivity contribution is 7.90. The lowest BCUT2D eigenvalue weighted by molar-refractivity contribution is -0.210. The number of halogens is 3. The van der Waals surface area contributed by atoms with Crippen LogP contribution in [0.1, 0.15) is 113 Å². The van der Waals surface area contributed by atoms with Crippen LogP contribution >= 0.6 is 0 Å². The maximum absolute atomic E-state index is 14.5. The first kappa shape index (κ1) is 34.2. The van der Waals surface area contributed by atoms with E-state index in [0.29, 0.717) is 25.7 Å². The number of amides is 2. The summed E-state index contributed by atoms with van der Waals surface area (Å²) in [5.41, 5.74) is -6.94. The summed E-state index contributed by atoms with van der Waals surface area (Å²) in [4.78, 5) is 39.0. The number of allylic oxidation sites excluding steroid dienone is 2. The van der Waals surface area contributed by atoms with Gasteiger partial charge >= 0.3 is 27.5 Å². The van der Waals surface area contributed by atoms with Crippen LogP contribution in [0, 0.1) is 44.8 Å². The molecule has 0 aliphatic heterocycles. The van der Waals surface area contributed by atoms with E-state index >= 15 is 0 Å². The normalized spacial score (nSPS) is 44.2. The second kappa shape index (κ2) is 10.2. The summed E-state index contributed by atoms with van der Waals surface area (Å²) < 4.78 is 68.9. The Morgan fingerprint density at radius 3 is 2.16 bits per heavy atom. The molecule has 0 spiro atoms. The molecule has 0 saturated heterocycles. The van der Waals surface area contributed by atoms with E-state index in [0.717, 1.165) is 42.4 Å². The largest absolute Gasteiger partial charge is 0.516 e. The Morgan fingerprint density at radius 1 is 0.933 bits per heavy atom. The van der Waals surface area contributed by atoms with Crippen LogP contribution in [-0.2, 0) is 24.3 Å². The molecule has 9 atom stereocenters. The zero-order chi connectivity index (χ0) is 33.8. The first-order valence-corrected chi connectivity index (χ1v) is 17.7. The summed E-state index contributed by atoms with van der Waals surface area (Å²) in [6.45, 7) is 16.5. The summed E-state index contributed by atoms with van der Waals surface area (Å²) >= 11 is 0. The number of hydrogen-bond donors (Lipinski definition) is 2. The van der Waals surface area contributed by atoms with Crippen molar-refractivity contribution in [3.05, 3.63) is 11.6 Å². The zero-order valence-electron chi connectivity index (χ0n) is 27.7. The third kappa shape index (κ3) is 5.05. The molecule has 5 rings (SSSR count). The first-order chi connectivity index (χ1) is 20.4. The molecule has 254 valence electrons. The number of esters is 1. The standard InChI is InChI=1S/C33H49F3N2O6S/c1-19(39)44-24-10-11-30(6)23(27(24,2)3)9-12-32(8)25(30)22(40)17-20-21-18-29(5,15-13-28(21,4)14-16-31(20,32)7)37-26(41)38-45(42,43)33(34,35)36/h17,21,23-25H,9-16,18H2,1-8H3,(H2,37,38,41). The maximum atomic E-state index is 14.5. The number of carbonyl (C=O) groups is 3. The fourth-order valence-corrected chi connectivity index (χ4v) is 11.6. The number of ether oxygens (including phenoxy) is 1. The Hall–Kier alpha value is -2.11. The third-order valence-electron chi connectivity index (χ3n) is 13.8. The van der Waals surface area contributed by atoms with Gasteiger partial charge in [0.1, 0.15) is 6.10 Å². The van der Waals surface area contributed by atoms with Crippen molar-refractivity contribution in [2.24, 2.45) is 44.8 Å². The molecule has 0 aromatic carbocycles. The molecule has 0 bridgehead atoms. The highest BCUT2D eigenvalue weighted by atomic mass is 32.2. The predicted molar refractivity (Wildman–Crippen MR) is 162 cm³/mol. The monoisotopic (exact) mass is 658 g/mol. The molecule has 4 fully saturated rings. The minimum absolute atomic E-state index is 0.109. The van der Waals surface area contributed by atoms with Crippen molar-refractivity contribution in [2.75, 3.05) is 0 Å². The number of alkyl halides is 3. The molecule has 9 unspecified atom stereocenters. The van der Waals surface area contributed by atoms with Gasteiger partial charge in [-0.15, -0.1) is 0 Å². The molecule has 0 heterocycles. The summed E-state index contributed by atoms with van der Waals surface area (Å²) in [6, 6.07) is -1.41. The lowest BCUT2D eigenvalue weighted by atomic mass is 9.33. The van der Waals surface area contributed by atoms with Crippen molar-refractivity contribution >= 4 is 27.8 Å². The molecule has 5 aliphatic rings. The zero-order valence-corrected chi connectivity index (χ0v) is 28.6. The molecule has 45 heavy (non-hydrogen) atoms. The molecular formula is C33H49F3N2O6S. The van der Waals surface area contributed by atoms with Crippen molar-refractivity contribution in [1.82, 2.24) is 10.0 Å². The van der Waals surface area contributed by atoms with Gasteiger partial charge in [-0.3, -0.25) is 9.59 Å². The number of carbonyl (C=O) groups excluding carboxylic acids is 3. The second-order valence-corrected chi connectivity index (χ2v) is 18.4. The Morgan fingerprint density at radius 2 is 1.56 bits per heavy atom. The molecule has 2 amide bonds. The van der Waals surface area contributed by atoms with Gasteiger partial charge in [0, 0.05) is 23.8 Å². The summed E-state index contributed by atoms with van der Waals surface area (Å²) in [5, 5.41) is 2.55. The van der Waals surface area contributed by atoms with E-state index < -0.39 is 27.1 Å². The highest BCUT2D eigenvalue weighted by Gasteiger charge is 2.70. The lowest BCUT2D eigenvalue weighted by Crippen LogP contribution is -2.67. The first-order valence-electron chi connectivity index (χ1n) is 16.2. The van der Waals surface area contributed by atoms with Crippen molar-refractivity contribution < 1.29 is 40.7 Å². The van der Waals surface area contributed by atoms with Crippen LogP contribution in [0.15, 0.2) is 11.6 Å². The summed E-state index contributed by atoms with van der Waals surface area (Å²) in [7, 11) is -5.84. The van der Waals surface area contributed by atoms with Crippen LogP contribution in [0.3, 0.4) is 0 Å². The van der Waals surface area contributed by atoms with Gasteiger partial charge in [0.2, 0.25) is 0 Å². The van der Waals surface area contributed by atoms with E-state index in [1.54, 1.807) is 6.92 Å². The van der Waals surface area contributed by atoms with Gasteiger partial charge < -0.3 is 10.1 Å². The highest BCUT2D eigenvalue weighted by Crippen LogP contribution is 2.75. The Kier molecular flexibility index (Phi) is 7.75. The lowest BCUT2D eigenvalue weighted by Gasteiger charge is -2.70. The van der Waals surface area contributed by atoms with Gasteiger partial charge in [0.05, 0.1) is 0 Å². The van der Waals surface area contributed by atoms with Gasteiger partial charge in [0.25, 0.3) is 0 Å². The fourth-order valence-electron chi connectivity index (χ4n) is 11.2. The van der Waals surface area contributed by atoms with Gasteiger partial charge in [-0.2, -0.15) is 21.6 Å². The number of rotatable bonds is 3. The maximum Gasteiger partial charge on any atom is 0.516 e. The average Bonchev–Trinajstić information content (AvgIpc) is 2.87. The number of hydrogen-bond acceptors (Lipinski definition) is 6. The van der Waals surface area contributed by atoms with Gasteiger partial charge in [-0.05, 0) is 104 Å². The van der Waals surface area contributed by atoms with Crippen LogP contribution < -0.4 is 10.0 Å². The molecule has 0 aromatic rings. The number of urea groups is 1. The minimum atomic E-state index is -5.84. The minimum Gasteiger partial charge on any atom is -0.462 e. The van der Waals surface area contributed by atoms with Crippen molar-refractivity contribution in [3.8, 4) is 0 Å². The number of nitrogens with one attached hydrogen (secondary N) is 2. The molecule has 12 heteroatoms. The second-order valence-electron chi connectivity index (χ2n) is 16.7. The SMILES string of the molecule is CC(=O)OC1CCC2(C)C(CCC3(C)C2C(=O)C=C2C4CC(C)(NC(=O)NS(=O)(=O)C(F)(F)F)CCC4(C)CCC23C)C1(C)C. The number of sulfonamides is 1. The third-order valence-corrected chi connectivity index (χ3v) is 14.8. The van der Waals surface area contributed by atoms with E-state index in [-0.39, 0.29) is 62.7 Å². The van der Waals surface area contributed by atoms with Gasteiger partial charge in [-0.25, -0.2) is 9.52 Å². The van der Waals surface area contributed by atoms with E-state index in [1.165, 1.54) is 6.92 Å². The van der Waals surface area contributed by atoms with Crippen LogP contribution in [-0.4, -0.2) is 43.4 Å². The summed E-state index contributed by atoms with van der Waals surface area (Å²) in [6.07, 6.45) is 8.22. The van der Waals surface area contributed by atoms with Crippen molar-refractivity contribution in [2.45, 2.75) is 130 Å². The molecule has 5 aliphatic carbocycles. The molecule has 2 N–H and O–H groups in total. The number of fused-ring (bicyclic) bond motifs is 7. The Balaban J connectivity index is 1.48. The summed E-state index contributed by atoms with van der Waals surface area (Å²) in [5.74, 6) is -0.322. The molecule has 0 radical (unpaired) electrons. The number of ketones is 1. The smallest absolute Gasteiger partial charge is 0.462 e. The van der Waals surface area contributed by atoms with Crippen LogP contribution in [0.2, 0.25) is 0 Å². The molecule has 8 nitrogen and oxygen atoms in total. The Bertz CT molecular complexity index is 1440. The van der Waals surface area contributed by atoms with Crippen LogP contribution in [0.5, 0.6) is 0 Å². The molecular weight excluding hydrogens is 609 g/mol. The molecule has 4 saturated carbocycles.